The Bertz CT molecular complexity index is 183. The Kier molecular flexibility index (Phi) is 5.77. The van der Waals surface area contributed by atoms with Crippen LogP contribution in [0, 0.1) is 11.8 Å². The Hall–Kier alpha value is -0.0800. The Balaban J connectivity index is 2.69. The van der Waals surface area contributed by atoms with Crippen molar-refractivity contribution in [3.05, 3.63) is 0 Å². The first kappa shape index (κ1) is 14.0. The first-order valence-electron chi connectivity index (χ1n) is 6.98. The van der Waals surface area contributed by atoms with Crippen molar-refractivity contribution in [2.24, 2.45) is 11.8 Å². The van der Waals surface area contributed by atoms with Crippen LogP contribution in [0.25, 0.3) is 0 Å². The summed E-state index contributed by atoms with van der Waals surface area (Å²) in [6, 6.07) is 0.551. The van der Waals surface area contributed by atoms with E-state index in [9.17, 15) is 5.11 Å². The standard InChI is InChI=1S/C14H29NO/c1-5-13(16)15(4)14-11(2)9-7-6-8-10-12(14)3/h11-14,16H,5-10H2,1-4H3. The maximum absolute atomic E-state index is 10.0. The van der Waals surface area contributed by atoms with Crippen LogP contribution in [0.1, 0.15) is 59.3 Å². The molecular weight excluding hydrogens is 198 g/mol. The molecule has 0 amide bonds. The van der Waals surface area contributed by atoms with Gasteiger partial charge in [0.05, 0.1) is 0 Å². The van der Waals surface area contributed by atoms with Gasteiger partial charge in [0, 0.05) is 6.04 Å². The van der Waals surface area contributed by atoms with Crippen LogP contribution < -0.4 is 0 Å². The molecule has 0 aromatic heterocycles. The number of hydrogen-bond acceptors (Lipinski definition) is 2. The van der Waals surface area contributed by atoms with E-state index < -0.39 is 0 Å². The molecule has 16 heavy (non-hydrogen) atoms. The second-order valence-corrected chi connectivity index (χ2v) is 5.64. The van der Waals surface area contributed by atoms with Gasteiger partial charge in [0.15, 0.2) is 0 Å². The number of aliphatic hydroxyl groups excluding tert-OH is 1. The zero-order valence-electron chi connectivity index (χ0n) is 11.4. The molecule has 2 heteroatoms. The number of rotatable bonds is 3. The maximum Gasteiger partial charge on any atom is 0.107 e. The van der Waals surface area contributed by atoms with E-state index in [1.807, 2.05) is 0 Å². The molecule has 1 N–H and O–H groups in total. The average molecular weight is 227 g/mol. The van der Waals surface area contributed by atoms with Crippen LogP contribution >= 0.6 is 0 Å². The molecule has 0 aliphatic heterocycles. The van der Waals surface area contributed by atoms with Crippen molar-refractivity contribution < 1.29 is 5.11 Å². The van der Waals surface area contributed by atoms with Gasteiger partial charge in [0.1, 0.15) is 6.23 Å². The van der Waals surface area contributed by atoms with Crippen LogP contribution in [0.3, 0.4) is 0 Å². The van der Waals surface area contributed by atoms with Gasteiger partial charge in [-0.3, -0.25) is 4.90 Å². The molecule has 1 aliphatic rings. The minimum absolute atomic E-state index is 0.269. The van der Waals surface area contributed by atoms with Gasteiger partial charge in [0.25, 0.3) is 0 Å². The van der Waals surface area contributed by atoms with Crippen molar-refractivity contribution in [1.82, 2.24) is 4.90 Å². The highest BCUT2D eigenvalue weighted by molar-refractivity contribution is 4.82. The van der Waals surface area contributed by atoms with E-state index in [1.165, 1.54) is 32.1 Å². The van der Waals surface area contributed by atoms with Gasteiger partial charge in [-0.15, -0.1) is 0 Å². The molecule has 0 heterocycles. The van der Waals surface area contributed by atoms with Crippen molar-refractivity contribution in [3.63, 3.8) is 0 Å². The second-order valence-electron chi connectivity index (χ2n) is 5.64. The highest BCUT2D eigenvalue weighted by Gasteiger charge is 2.30. The molecule has 0 spiro atoms. The monoisotopic (exact) mass is 227 g/mol. The molecule has 0 saturated heterocycles. The second kappa shape index (κ2) is 6.61. The van der Waals surface area contributed by atoms with Crippen LogP contribution in [0.4, 0.5) is 0 Å². The lowest BCUT2D eigenvalue weighted by atomic mass is 9.80. The van der Waals surface area contributed by atoms with Crippen molar-refractivity contribution in [2.45, 2.75) is 71.6 Å². The summed E-state index contributed by atoms with van der Waals surface area (Å²) in [6.45, 7) is 6.76. The van der Waals surface area contributed by atoms with Gasteiger partial charge < -0.3 is 5.11 Å². The fraction of sp³-hybridized carbons (Fsp3) is 1.00. The van der Waals surface area contributed by atoms with Crippen LogP contribution in [-0.4, -0.2) is 29.3 Å². The first-order valence-corrected chi connectivity index (χ1v) is 6.98. The molecule has 1 aliphatic carbocycles. The van der Waals surface area contributed by atoms with E-state index >= 15 is 0 Å². The summed E-state index contributed by atoms with van der Waals surface area (Å²) < 4.78 is 0. The Morgan fingerprint density at radius 2 is 1.62 bits per heavy atom. The molecule has 96 valence electrons. The molecule has 1 fully saturated rings. The summed E-state index contributed by atoms with van der Waals surface area (Å²) in [6.07, 6.45) is 7.30. The molecule has 0 bridgehead atoms. The third kappa shape index (κ3) is 3.46. The Labute approximate surface area is 101 Å². The predicted octanol–water partition coefficient (Wildman–Crippen LogP) is 3.25. The third-order valence-corrected chi connectivity index (χ3v) is 4.29. The normalized spacial score (nSPS) is 34.5. The minimum atomic E-state index is -0.269. The van der Waals surface area contributed by atoms with Gasteiger partial charge in [-0.25, -0.2) is 0 Å². The van der Waals surface area contributed by atoms with Gasteiger partial charge >= 0.3 is 0 Å². The molecule has 2 nitrogen and oxygen atoms in total. The minimum Gasteiger partial charge on any atom is -0.378 e. The lowest BCUT2D eigenvalue weighted by Gasteiger charge is -2.41. The van der Waals surface area contributed by atoms with Gasteiger partial charge in [-0.05, 0) is 38.1 Å². The third-order valence-electron chi connectivity index (χ3n) is 4.29. The largest absolute Gasteiger partial charge is 0.378 e. The SMILES string of the molecule is CCC(O)N(C)C1C(C)CCCCCC1C. The summed E-state index contributed by atoms with van der Waals surface area (Å²) in [5, 5.41) is 10.0. The van der Waals surface area contributed by atoms with E-state index in [-0.39, 0.29) is 6.23 Å². The highest BCUT2D eigenvalue weighted by Crippen LogP contribution is 2.30. The van der Waals surface area contributed by atoms with Crippen LogP contribution in [0.5, 0.6) is 0 Å². The quantitative estimate of drug-likeness (QED) is 0.748. The van der Waals surface area contributed by atoms with Crippen molar-refractivity contribution in [2.75, 3.05) is 7.05 Å². The summed E-state index contributed by atoms with van der Waals surface area (Å²) >= 11 is 0. The Morgan fingerprint density at radius 1 is 1.12 bits per heavy atom. The summed E-state index contributed by atoms with van der Waals surface area (Å²) in [4.78, 5) is 2.21. The smallest absolute Gasteiger partial charge is 0.107 e. The highest BCUT2D eigenvalue weighted by atomic mass is 16.3. The van der Waals surface area contributed by atoms with Gasteiger partial charge in [-0.1, -0.05) is 40.0 Å². The molecule has 0 radical (unpaired) electrons. The van der Waals surface area contributed by atoms with Crippen LogP contribution in [0.15, 0.2) is 0 Å². The van der Waals surface area contributed by atoms with Gasteiger partial charge in [0.2, 0.25) is 0 Å². The van der Waals surface area contributed by atoms with Crippen molar-refractivity contribution in [1.29, 1.82) is 0 Å². The molecular formula is C14H29NO. The zero-order valence-corrected chi connectivity index (χ0v) is 11.4. The molecule has 0 aromatic carbocycles. The number of nitrogens with zero attached hydrogens (tertiary/aromatic N) is 1. The number of hydrogen-bond donors (Lipinski definition) is 1. The van der Waals surface area contributed by atoms with E-state index in [4.69, 9.17) is 0 Å². The fourth-order valence-corrected chi connectivity index (χ4v) is 3.30. The topological polar surface area (TPSA) is 23.5 Å². The van der Waals surface area contributed by atoms with Crippen molar-refractivity contribution in [3.8, 4) is 0 Å². The summed E-state index contributed by atoms with van der Waals surface area (Å²) in [5.74, 6) is 1.42. The van der Waals surface area contributed by atoms with Gasteiger partial charge in [-0.2, -0.15) is 0 Å². The lowest BCUT2D eigenvalue weighted by Crippen LogP contribution is -2.47. The van der Waals surface area contributed by atoms with E-state index in [1.54, 1.807) is 0 Å². The summed E-state index contributed by atoms with van der Waals surface area (Å²) in [5.41, 5.74) is 0. The van der Waals surface area contributed by atoms with E-state index in [0.717, 1.165) is 6.42 Å². The Morgan fingerprint density at radius 3 is 2.06 bits per heavy atom. The van der Waals surface area contributed by atoms with E-state index in [0.29, 0.717) is 17.9 Å². The maximum atomic E-state index is 10.0. The predicted molar refractivity (Wildman–Crippen MR) is 69.3 cm³/mol. The first-order chi connectivity index (χ1) is 7.57. The molecule has 0 aromatic rings. The summed E-state index contributed by atoms with van der Waals surface area (Å²) in [7, 11) is 2.09. The molecule has 1 saturated carbocycles. The fourth-order valence-electron chi connectivity index (χ4n) is 3.30. The molecule has 3 atom stereocenters. The zero-order chi connectivity index (χ0) is 12.1. The average Bonchev–Trinajstić information content (AvgIpc) is 2.25. The lowest BCUT2D eigenvalue weighted by molar-refractivity contribution is -0.0430. The molecule has 1 rings (SSSR count). The van der Waals surface area contributed by atoms with Crippen molar-refractivity contribution >= 4 is 0 Å². The van der Waals surface area contributed by atoms with Crippen LogP contribution in [0.2, 0.25) is 0 Å². The van der Waals surface area contributed by atoms with E-state index in [2.05, 4.69) is 32.7 Å². The molecule has 3 unspecified atom stereocenters. The number of aliphatic hydroxyl groups is 1. The van der Waals surface area contributed by atoms with Crippen LogP contribution in [-0.2, 0) is 0 Å².